The molecule has 2 aromatic carbocycles. The second kappa shape index (κ2) is 3.71. The van der Waals surface area contributed by atoms with Gasteiger partial charge < -0.3 is 0 Å². The summed E-state index contributed by atoms with van der Waals surface area (Å²) in [5, 5.41) is 8.85. The molecule has 0 aromatic heterocycles. The maximum Gasteiger partial charge on any atom is 0.255 e. The molecular formula is C14H11NO2. The van der Waals surface area contributed by atoms with E-state index in [1.165, 1.54) is 0 Å². The minimum absolute atomic E-state index is 0.387. The zero-order valence-corrected chi connectivity index (χ0v) is 9.05. The summed E-state index contributed by atoms with van der Waals surface area (Å²) in [5.41, 5.74) is 5.77. The van der Waals surface area contributed by atoms with Crippen LogP contribution in [0.4, 0.5) is 0 Å². The monoisotopic (exact) mass is 225 g/mol. The number of rotatable bonds is 1. The number of amides is 1. The van der Waals surface area contributed by atoms with Crippen LogP contribution in [0.3, 0.4) is 0 Å². The summed E-state index contributed by atoms with van der Waals surface area (Å²) in [7, 11) is 0. The van der Waals surface area contributed by atoms with E-state index in [4.69, 9.17) is 5.21 Å². The van der Waals surface area contributed by atoms with Crippen molar-refractivity contribution in [3.05, 3.63) is 59.7 Å². The molecule has 2 N–H and O–H groups in total. The highest BCUT2D eigenvalue weighted by Gasteiger charge is 2.32. The third-order valence-electron chi connectivity index (χ3n) is 3.21. The maximum atomic E-state index is 11.8. The van der Waals surface area contributed by atoms with Crippen molar-refractivity contribution in [3.63, 3.8) is 0 Å². The molecule has 17 heavy (non-hydrogen) atoms. The first-order chi connectivity index (χ1) is 8.33. The van der Waals surface area contributed by atoms with Crippen LogP contribution < -0.4 is 5.48 Å². The third-order valence-corrected chi connectivity index (χ3v) is 3.21. The molecule has 0 aliphatic heterocycles. The number of benzene rings is 2. The van der Waals surface area contributed by atoms with Gasteiger partial charge in [-0.3, -0.25) is 10.0 Å². The zero-order valence-electron chi connectivity index (χ0n) is 9.05. The van der Waals surface area contributed by atoms with Crippen molar-refractivity contribution in [1.82, 2.24) is 5.48 Å². The number of carbonyl (C=O) groups excluding carboxylic acids is 1. The average molecular weight is 225 g/mol. The van der Waals surface area contributed by atoms with E-state index >= 15 is 0 Å². The van der Waals surface area contributed by atoms with E-state index in [9.17, 15) is 4.79 Å². The van der Waals surface area contributed by atoms with E-state index in [0.29, 0.717) is 0 Å². The second-order valence-corrected chi connectivity index (χ2v) is 4.08. The lowest BCUT2D eigenvalue weighted by Gasteiger charge is -2.10. The minimum Gasteiger partial charge on any atom is -0.289 e. The van der Waals surface area contributed by atoms with Crippen molar-refractivity contribution in [1.29, 1.82) is 0 Å². The van der Waals surface area contributed by atoms with Crippen molar-refractivity contribution in [2.45, 2.75) is 5.92 Å². The Kier molecular flexibility index (Phi) is 2.20. The van der Waals surface area contributed by atoms with Gasteiger partial charge in [0.2, 0.25) is 0 Å². The van der Waals surface area contributed by atoms with Crippen LogP contribution in [0.15, 0.2) is 48.5 Å². The molecule has 0 unspecified atom stereocenters. The van der Waals surface area contributed by atoms with Gasteiger partial charge in [-0.1, -0.05) is 48.5 Å². The zero-order chi connectivity index (χ0) is 11.8. The van der Waals surface area contributed by atoms with E-state index in [1.807, 2.05) is 48.5 Å². The lowest BCUT2D eigenvalue weighted by atomic mass is 9.96. The summed E-state index contributed by atoms with van der Waals surface area (Å²) >= 11 is 0. The largest absolute Gasteiger partial charge is 0.289 e. The van der Waals surface area contributed by atoms with Gasteiger partial charge in [0.1, 0.15) is 0 Å². The predicted octanol–water partition coefficient (Wildman–Crippen LogP) is 2.30. The van der Waals surface area contributed by atoms with Crippen molar-refractivity contribution in [2.75, 3.05) is 0 Å². The first kappa shape index (κ1) is 10.1. The molecule has 1 amide bonds. The van der Waals surface area contributed by atoms with Crippen molar-refractivity contribution >= 4 is 5.91 Å². The van der Waals surface area contributed by atoms with Crippen LogP contribution >= 0.6 is 0 Å². The molecule has 0 saturated carbocycles. The van der Waals surface area contributed by atoms with E-state index in [0.717, 1.165) is 22.3 Å². The van der Waals surface area contributed by atoms with Crippen LogP contribution in [0.2, 0.25) is 0 Å². The smallest absolute Gasteiger partial charge is 0.255 e. The summed E-state index contributed by atoms with van der Waals surface area (Å²) in [6, 6.07) is 15.6. The van der Waals surface area contributed by atoms with Crippen molar-refractivity contribution < 1.29 is 10.0 Å². The molecule has 0 bridgehead atoms. The minimum atomic E-state index is -0.410. The topological polar surface area (TPSA) is 49.3 Å². The molecule has 2 aromatic rings. The fourth-order valence-electron chi connectivity index (χ4n) is 2.50. The Balaban J connectivity index is 2.27. The van der Waals surface area contributed by atoms with E-state index in [2.05, 4.69) is 0 Å². The fraction of sp³-hybridized carbons (Fsp3) is 0.0714. The number of nitrogens with one attached hydrogen (secondary N) is 1. The quantitative estimate of drug-likeness (QED) is 0.578. The van der Waals surface area contributed by atoms with Crippen LogP contribution in [0.25, 0.3) is 11.1 Å². The Morgan fingerprint density at radius 2 is 1.41 bits per heavy atom. The van der Waals surface area contributed by atoms with Gasteiger partial charge in [0, 0.05) is 0 Å². The summed E-state index contributed by atoms with van der Waals surface area (Å²) in [6.07, 6.45) is 0. The molecule has 0 atom stereocenters. The van der Waals surface area contributed by atoms with E-state index in [-0.39, 0.29) is 5.91 Å². The summed E-state index contributed by atoms with van der Waals surface area (Å²) in [4.78, 5) is 11.8. The Hall–Kier alpha value is -2.13. The summed E-state index contributed by atoms with van der Waals surface area (Å²) < 4.78 is 0. The SMILES string of the molecule is O=C(NO)C1c2ccccc2-c2ccccc21. The molecule has 0 fully saturated rings. The lowest BCUT2D eigenvalue weighted by Crippen LogP contribution is -2.25. The van der Waals surface area contributed by atoms with Gasteiger partial charge in [0.05, 0.1) is 5.92 Å². The van der Waals surface area contributed by atoms with Crippen molar-refractivity contribution in [3.8, 4) is 11.1 Å². The summed E-state index contributed by atoms with van der Waals surface area (Å²) in [5.74, 6) is -0.796. The number of hydroxylamine groups is 1. The van der Waals surface area contributed by atoms with Gasteiger partial charge in [0.25, 0.3) is 5.91 Å². The lowest BCUT2D eigenvalue weighted by molar-refractivity contribution is -0.129. The molecule has 3 heteroatoms. The highest BCUT2D eigenvalue weighted by molar-refractivity contribution is 5.95. The number of hydrogen-bond acceptors (Lipinski definition) is 2. The van der Waals surface area contributed by atoms with Gasteiger partial charge in [-0.2, -0.15) is 0 Å². The number of hydrogen-bond donors (Lipinski definition) is 2. The van der Waals surface area contributed by atoms with E-state index < -0.39 is 5.92 Å². The Morgan fingerprint density at radius 1 is 0.941 bits per heavy atom. The Bertz CT molecular complexity index is 547. The standard InChI is InChI=1S/C14H11NO2/c16-14(15-17)13-11-7-3-1-5-9(11)10-6-2-4-8-12(10)13/h1-8,13,17H,(H,15,16). The number of carbonyl (C=O) groups is 1. The molecule has 0 saturated heterocycles. The van der Waals surface area contributed by atoms with Gasteiger partial charge in [0.15, 0.2) is 0 Å². The molecule has 3 rings (SSSR count). The van der Waals surface area contributed by atoms with Gasteiger partial charge in [-0.15, -0.1) is 0 Å². The van der Waals surface area contributed by atoms with Gasteiger partial charge >= 0.3 is 0 Å². The first-order valence-electron chi connectivity index (χ1n) is 5.45. The molecular weight excluding hydrogens is 214 g/mol. The van der Waals surface area contributed by atoms with Gasteiger partial charge in [-0.05, 0) is 22.3 Å². The molecule has 3 nitrogen and oxygen atoms in total. The van der Waals surface area contributed by atoms with Crippen molar-refractivity contribution in [2.24, 2.45) is 0 Å². The maximum absolute atomic E-state index is 11.8. The van der Waals surface area contributed by atoms with E-state index in [1.54, 1.807) is 5.48 Å². The fourth-order valence-corrected chi connectivity index (χ4v) is 2.50. The van der Waals surface area contributed by atoms with Crippen LogP contribution in [0.5, 0.6) is 0 Å². The molecule has 0 spiro atoms. The first-order valence-corrected chi connectivity index (χ1v) is 5.45. The average Bonchev–Trinajstić information content (AvgIpc) is 2.72. The number of fused-ring (bicyclic) bond motifs is 3. The summed E-state index contributed by atoms with van der Waals surface area (Å²) in [6.45, 7) is 0. The van der Waals surface area contributed by atoms with Crippen LogP contribution in [-0.4, -0.2) is 11.1 Å². The van der Waals surface area contributed by atoms with Crippen LogP contribution in [0.1, 0.15) is 17.0 Å². The third kappa shape index (κ3) is 1.36. The second-order valence-electron chi connectivity index (χ2n) is 4.08. The molecule has 1 aliphatic carbocycles. The Labute approximate surface area is 98.7 Å². The highest BCUT2D eigenvalue weighted by atomic mass is 16.5. The highest BCUT2D eigenvalue weighted by Crippen LogP contribution is 2.44. The molecule has 84 valence electrons. The van der Waals surface area contributed by atoms with Gasteiger partial charge in [-0.25, -0.2) is 5.48 Å². The normalized spacial score (nSPS) is 13.0. The predicted molar refractivity (Wildman–Crippen MR) is 63.7 cm³/mol. The molecule has 0 radical (unpaired) electrons. The molecule has 1 aliphatic rings. The molecule has 0 heterocycles. The van der Waals surface area contributed by atoms with Crippen LogP contribution in [0, 0.1) is 0 Å². The Morgan fingerprint density at radius 3 is 1.88 bits per heavy atom. The van der Waals surface area contributed by atoms with Crippen LogP contribution in [-0.2, 0) is 4.79 Å².